The fourth-order valence-corrected chi connectivity index (χ4v) is 4.28. The number of ether oxygens (including phenoxy) is 2. The Hall–Kier alpha value is -1.10. The normalized spacial score (nSPS) is 27.5. The highest BCUT2D eigenvalue weighted by atomic mass is 16.5. The molecule has 2 fully saturated rings. The van der Waals surface area contributed by atoms with E-state index in [0.717, 1.165) is 31.8 Å². The van der Waals surface area contributed by atoms with Gasteiger partial charge < -0.3 is 14.6 Å². The average molecular weight is 347 g/mol. The molecule has 0 radical (unpaired) electrons. The predicted molar refractivity (Wildman–Crippen MR) is 99.8 cm³/mol. The number of para-hydroxylation sites is 1. The quantitative estimate of drug-likeness (QED) is 0.853. The zero-order valence-electron chi connectivity index (χ0n) is 16.0. The number of aliphatic hydroxyl groups is 1. The SMILES string of the molecule is COC[C@]1(O)CCN(Cc2ccccc2OC2CCCC2)CC1(C)C. The number of piperidine rings is 1. The van der Waals surface area contributed by atoms with Gasteiger partial charge in [-0.1, -0.05) is 32.0 Å². The number of hydrogen-bond acceptors (Lipinski definition) is 4. The van der Waals surface area contributed by atoms with Crippen LogP contribution in [-0.2, 0) is 11.3 Å². The van der Waals surface area contributed by atoms with Gasteiger partial charge in [0.2, 0.25) is 0 Å². The second-order valence-corrected chi connectivity index (χ2v) is 8.44. The van der Waals surface area contributed by atoms with Crippen LogP contribution in [0.25, 0.3) is 0 Å². The lowest BCUT2D eigenvalue weighted by Gasteiger charge is -2.50. The number of benzene rings is 1. The third kappa shape index (κ3) is 4.18. The van der Waals surface area contributed by atoms with Crippen LogP contribution in [-0.4, -0.2) is 48.5 Å². The zero-order chi connectivity index (χ0) is 17.9. The van der Waals surface area contributed by atoms with E-state index >= 15 is 0 Å². The van der Waals surface area contributed by atoms with Crippen LogP contribution in [0.15, 0.2) is 24.3 Å². The van der Waals surface area contributed by atoms with Crippen molar-refractivity contribution in [2.24, 2.45) is 5.41 Å². The van der Waals surface area contributed by atoms with Crippen molar-refractivity contribution in [3.8, 4) is 5.75 Å². The summed E-state index contributed by atoms with van der Waals surface area (Å²) in [7, 11) is 1.66. The van der Waals surface area contributed by atoms with Gasteiger partial charge in [-0.2, -0.15) is 0 Å². The average Bonchev–Trinajstić information content (AvgIpc) is 3.06. The van der Waals surface area contributed by atoms with Crippen molar-refractivity contribution in [3.05, 3.63) is 29.8 Å². The minimum atomic E-state index is -0.752. The van der Waals surface area contributed by atoms with Gasteiger partial charge in [-0.3, -0.25) is 4.90 Å². The number of likely N-dealkylation sites (tertiary alicyclic amines) is 1. The lowest BCUT2D eigenvalue weighted by Crippen LogP contribution is -2.59. The highest BCUT2D eigenvalue weighted by Gasteiger charge is 2.47. The molecule has 3 rings (SSSR count). The largest absolute Gasteiger partial charge is 0.490 e. The Kier molecular flexibility index (Phi) is 5.71. The Labute approximate surface area is 152 Å². The van der Waals surface area contributed by atoms with Crippen molar-refractivity contribution in [1.29, 1.82) is 0 Å². The maximum atomic E-state index is 11.0. The Bertz CT molecular complexity index is 568. The molecule has 1 atom stereocenters. The minimum absolute atomic E-state index is 0.206. The summed E-state index contributed by atoms with van der Waals surface area (Å²) in [6.45, 7) is 7.27. The van der Waals surface area contributed by atoms with E-state index in [1.54, 1.807) is 7.11 Å². The Morgan fingerprint density at radius 3 is 2.60 bits per heavy atom. The highest BCUT2D eigenvalue weighted by Crippen LogP contribution is 2.39. The molecule has 1 aliphatic carbocycles. The molecule has 1 aromatic carbocycles. The van der Waals surface area contributed by atoms with Crippen molar-refractivity contribution in [2.75, 3.05) is 26.8 Å². The van der Waals surface area contributed by atoms with Crippen LogP contribution in [0.5, 0.6) is 5.75 Å². The van der Waals surface area contributed by atoms with E-state index in [4.69, 9.17) is 9.47 Å². The number of nitrogens with zero attached hydrogens (tertiary/aromatic N) is 1. The van der Waals surface area contributed by atoms with Crippen molar-refractivity contribution in [3.63, 3.8) is 0 Å². The summed E-state index contributed by atoms with van der Waals surface area (Å²) in [5.41, 5.74) is 0.294. The molecular weight excluding hydrogens is 314 g/mol. The van der Waals surface area contributed by atoms with Gasteiger partial charge in [0.05, 0.1) is 18.3 Å². The first-order chi connectivity index (χ1) is 11.9. The number of rotatable bonds is 6. The molecular formula is C21H33NO3. The third-order valence-corrected chi connectivity index (χ3v) is 6.07. The van der Waals surface area contributed by atoms with Crippen LogP contribution in [0.3, 0.4) is 0 Å². The van der Waals surface area contributed by atoms with E-state index in [0.29, 0.717) is 12.7 Å². The summed E-state index contributed by atoms with van der Waals surface area (Å²) in [6, 6.07) is 8.43. The third-order valence-electron chi connectivity index (χ3n) is 6.07. The lowest BCUT2D eigenvalue weighted by molar-refractivity contribution is -0.151. The van der Waals surface area contributed by atoms with Gasteiger partial charge in [0.15, 0.2) is 0 Å². The second kappa shape index (κ2) is 7.65. The van der Waals surface area contributed by atoms with Crippen LogP contribution in [0.4, 0.5) is 0 Å². The zero-order valence-corrected chi connectivity index (χ0v) is 16.0. The van der Waals surface area contributed by atoms with Gasteiger partial charge in [0.1, 0.15) is 5.75 Å². The molecule has 2 aliphatic rings. The van der Waals surface area contributed by atoms with E-state index in [2.05, 4.69) is 43.0 Å². The smallest absolute Gasteiger partial charge is 0.124 e. The molecule has 1 saturated heterocycles. The summed E-state index contributed by atoms with van der Waals surface area (Å²) in [5.74, 6) is 1.03. The van der Waals surface area contributed by atoms with Crippen molar-refractivity contribution >= 4 is 0 Å². The predicted octanol–water partition coefficient (Wildman–Crippen LogP) is 3.62. The van der Waals surface area contributed by atoms with E-state index in [1.807, 2.05) is 0 Å². The van der Waals surface area contributed by atoms with Gasteiger partial charge in [-0.25, -0.2) is 0 Å². The molecule has 4 nitrogen and oxygen atoms in total. The standard InChI is InChI=1S/C21H33NO3/c1-20(2)15-22(13-12-21(20,23)16-24-3)14-17-8-4-7-11-19(17)25-18-9-5-6-10-18/h4,7-8,11,18,23H,5-6,9-10,12-16H2,1-3H3/t21-/m1/s1. The fourth-order valence-electron chi connectivity index (χ4n) is 4.28. The molecule has 25 heavy (non-hydrogen) atoms. The maximum Gasteiger partial charge on any atom is 0.124 e. The van der Waals surface area contributed by atoms with Gasteiger partial charge in [0.25, 0.3) is 0 Å². The van der Waals surface area contributed by atoms with E-state index < -0.39 is 5.60 Å². The van der Waals surface area contributed by atoms with Crippen LogP contribution in [0.1, 0.15) is 51.5 Å². The van der Waals surface area contributed by atoms with Crippen molar-refractivity contribution in [1.82, 2.24) is 4.90 Å². The van der Waals surface area contributed by atoms with Gasteiger partial charge in [-0.05, 0) is 38.2 Å². The number of methoxy groups -OCH3 is 1. The van der Waals surface area contributed by atoms with Crippen LogP contribution < -0.4 is 4.74 Å². The molecule has 0 aromatic heterocycles. The topological polar surface area (TPSA) is 41.9 Å². The minimum Gasteiger partial charge on any atom is -0.490 e. The van der Waals surface area contributed by atoms with Crippen LogP contribution >= 0.6 is 0 Å². The highest BCUT2D eigenvalue weighted by molar-refractivity contribution is 5.33. The molecule has 1 heterocycles. The fraction of sp³-hybridized carbons (Fsp3) is 0.714. The monoisotopic (exact) mass is 347 g/mol. The van der Waals surface area contributed by atoms with E-state index in [1.165, 1.54) is 31.2 Å². The molecule has 1 N–H and O–H groups in total. The van der Waals surface area contributed by atoms with Crippen molar-refractivity contribution < 1.29 is 14.6 Å². The summed E-state index contributed by atoms with van der Waals surface area (Å²) < 4.78 is 11.6. The molecule has 1 saturated carbocycles. The number of hydrogen-bond donors (Lipinski definition) is 1. The molecule has 1 aliphatic heterocycles. The maximum absolute atomic E-state index is 11.0. The molecule has 4 heteroatoms. The molecule has 1 aromatic rings. The van der Waals surface area contributed by atoms with E-state index in [-0.39, 0.29) is 5.41 Å². The second-order valence-electron chi connectivity index (χ2n) is 8.44. The molecule has 0 spiro atoms. The molecule has 140 valence electrons. The van der Waals surface area contributed by atoms with Crippen LogP contribution in [0.2, 0.25) is 0 Å². The first-order valence-electron chi connectivity index (χ1n) is 9.62. The lowest BCUT2D eigenvalue weighted by atomic mass is 9.70. The summed E-state index contributed by atoms with van der Waals surface area (Å²) in [6.07, 6.45) is 6.03. The Morgan fingerprint density at radius 2 is 1.92 bits per heavy atom. The van der Waals surface area contributed by atoms with Gasteiger partial charge >= 0.3 is 0 Å². The molecule has 0 bridgehead atoms. The van der Waals surface area contributed by atoms with Gasteiger partial charge in [-0.15, -0.1) is 0 Å². The molecule has 0 amide bonds. The first-order valence-corrected chi connectivity index (χ1v) is 9.62. The molecule has 0 unspecified atom stereocenters. The Morgan fingerprint density at radius 1 is 1.20 bits per heavy atom. The Balaban J connectivity index is 1.67. The summed E-state index contributed by atoms with van der Waals surface area (Å²) in [4.78, 5) is 2.43. The van der Waals surface area contributed by atoms with Gasteiger partial charge in [0, 0.05) is 37.7 Å². The van der Waals surface area contributed by atoms with Crippen LogP contribution in [0, 0.1) is 5.41 Å². The summed E-state index contributed by atoms with van der Waals surface area (Å²) in [5, 5.41) is 11.0. The summed E-state index contributed by atoms with van der Waals surface area (Å²) >= 11 is 0. The first kappa shape index (κ1) is 18.7. The van der Waals surface area contributed by atoms with E-state index in [9.17, 15) is 5.11 Å². The van der Waals surface area contributed by atoms with Crippen molar-refractivity contribution in [2.45, 2.75) is 64.2 Å².